The molecule has 0 spiro atoms. The van der Waals surface area contributed by atoms with Gasteiger partial charge in [-0.05, 0) is 19.3 Å². The lowest BCUT2D eigenvalue weighted by atomic mass is 9.76. The Labute approximate surface area is 110 Å². The Hall–Kier alpha value is -2.29. The number of carbonyl (C=O) groups excluding carboxylic acids is 1. The average Bonchev–Trinajstić information content (AvgIpc) is 2.81. The van der Waals surface area contributed by atoms with Crippen LogP contribution in [-0.2, 0) is 10.3 Å². The SMILES string of the molecule is C#CCCC(=O)NC1(c2ncc(C(=O)O)[nH]2)CCC1. The smallest absolute Gasteiger partial charge is 0.353 e. The minimum atomic E-state index is -1.06. The minimum absolute atomic E-state index is 0.0270. The number of aromatic nitrogens is 2. The molecule has 0 saturated heterocycles. The lowest BCUT2D eigenvalue weighted by molar-refractivity contribution is -0.124. The van der Waals surface area contributed by atoms with Crippen LogP contribution in [0, 0.1) is 12.3 Å². The van der Waals surface area contributed by atoms with Gasteiger partial charge in [0.1, 0.15) is 11.5 Å². The molecular weight excluding hydrogens is 246 g/mol. The van der Waals surface area contributed by atoms with E-state index in [1.807, 2.05) is 0 Å². The third-order valence-electron chi connectivity index (χ3n) is 3.34. The molecule has 3 N–H and O–H groups in total. The van der Waals surface area contributed by atoms with Crippen LogP contribution in [0.25, 0.3) is 0 Å². The van der Waals surface area contributed by atoms with Gasteiger partial charge in [-0.3, -0.25) is 4.79 Å². The summed E-state index contributed by atoms with van der Waals surface area (Å²) >= 11 is 0. The van der Waals surface area contributed by atoms with Crippen molar-refractivity contribution in [2.45, 2.75) is 37.6 Å². The predicted molar refractivity (Wildman–Crippen MR) is 67.3 cm³/mol. The summed E-state index contributed by atoms with van der Waals surface area (Å²) in [5.74, 6) is 1.73. The summed E-state index contributed by atoms with van der Waals surface area (Å²) in [6, 6.07) is 0. The normalized spacial score (nSPS) is 16.2. The number of carboxylic acids is 1. The molecule has 6 heteroatoms. The molecule has 100 valence electrons. The number of terminal acetylenes is 1. The van der Waals surface area contributed by atoms with E-state index in [0.29, 0.717) is 12.2 Å². The number of carboxylic acid groups (broad SMARTS) is 1. The van der Waals surface area contributed by atoms with Crippen molar-refractivity contribution in [2.75, 3.05) is 0 Å². The molecule has 0 aromatic carbocycles. The third-order valence-corrected chi connectivity index (χ3v) is 3.34. The first kappa shape index (κ1) is 13.1. The minimum Gasteiger partial charge on any atom is -0.477 e. The van der Waals surface area contributed by atoms with Gasteiger partial charge in [0.2, 0.25) is 5.91 Å². The van der Waals surface area contributed by atoms with Gasteiger partial charge in [0, 0.05) is 12.8 Å². The highest BCUT2D eigenvalue weighted by atomic mass is 16.4. The highest BCUT2D eigenvalue weighted by Gasteiger charge is 2.42. The van der Waals surface area contributed by atoms with E-state index < -0.39 is 11.5 Å². The molecule has 2 rings (SSSR count). The summed E-state index contributed by atoms with van der Waals surface area (Å²) in [6.07, 6.45) is 9.52. The van der Waals surface area contributed by atoms with Crippen LogP contribution >= 0.6 is 0 Å². The monoisotopic (exact) mass is 261 g/mol. The van der Waals surface area contributed by atoms with E-state index in [1.54, 1.807) is 0 Å². The topological polar surface area (TPSA) is 95.1 Å². The van der Waals surface area contributed by atoms with Crippen LogP contribution in [0.3, 0.4) is 0 Å². The number of hydrogen-bond acceptors (Lipinski definition) is 3. The van der Waals surface area contributed by atoms with Crippen LogP contribution in [0.5, 0.6) is 0 Å². The van der Waals surface area contributed by atoms with Crippen molar-refractivity contribution in [1.29, 1.82) is 0 Å². The standard InChI is InChI=1S/C13H15N3O3/c1-2-3-5-10(17)16-13(6-4-7-13)12-14-8-9(15-12)11(18)19/h1,8H,3-7H2,(H,14,15)(H,16,17)(H,18,19). The number of carbonyl (C=O) groups is 2. The number of hydrogen-bond donors (Lipinski definition) is 3. The maximum Gasteiger partial charge on any atom is 0.353 e. The number of nitrogens with zero attached hydrogens (tertiary/aromatic N) is 1. The molecule has 19 heavy (non-hydrogen) atoms. The fourth-order valence-electron chi connectivity index (χ4n) is 2.14. The summed E-state index contributed by atoms with van der Waals surface area (Å²) in [6.45, 7) is 0. The maximum absolute atomic E-state index is 11.8. The lowest BCUT2D eigenvalue weighted by Gasteiger charge is -2.40. The maximum atomic E-state index is 11.8. The van der Waals surface area contributed by atoms with Crippen LogP contribution in [-0.4, -0.2) is 27.0 Å². The van der Waals surface area contributed by atoms with E-state index in [-0.39, 0.29) is 18.0 Å². The second-order valence-corrected chi connectivity index (χ2v) is 4.64. The molecule has 0 radical (unpaired) electrons. The van der Waals surface area contributed by atoms with E-state index in [9.17, 15) is 9.59 Å². The zero-order valence-electron chi connectivity index (χ0n) is 10.4. The number of H-pyrrole nitrogens is 1. The molecular formula is C13H15N3O3. The summed E-state index contributed by atoms with van der Waals surface area (Å²) in [5.41, 5.74) is -0.529. The lowest BCUT2D eigenvalue weighted by Crippen LogP contribution is -2.51. The Morgan fingerprint density at radius 1 is 1.58 bits per heavy atom. The molecule has 1 saturated carbocycles. The summed E-state index contributed by atoms with van der Waals surface area (Å²) < 4.78 is 0. The summed E-state index contributed by atoms with van der Waals surface area (Å²) in [7, 11) is 0. The number of rotatable bonds is 5. The molecule has 1 heterocycles. The molecule has 1 aliphatic carbocycles. The highest BCUT2D eigenvalue weighted by molar-refractivity contribution is 5.85. The van der Waals surface area contributed by atoms with E-state index in [1.165, 1.54) is 6.20 Å². The van der Waals surface area contributed by atoms with E-state index in [2.05, 4.69) is 21.2 Å². The van der Waals surface area contributed by atoms with E-state index >= 15 is 0 Å². The number of amides is 1. The van der Waals surface area contributed by atoms with Gasteiger partial charge >= 0.3 is 5.97 Å². The van der Waals surface area contributed by atoms with Gasteiger partial charge in [0.25, 0.3) is 0 Å². The molecule has 6 nitrogen and oxygen atoms in total. The van der Waals surface area contributed by atoms with Crippen LogP contribution in [0.1, 0.15) is 48.4 Å². The second kappa shape index (κ2) is 5.14. The Balaban J connectivity index is 2.11. The van der Waals surface area contributed by atoms with Gasteiger partial charge in [0.05, 0.1) is 11.7 Å². The van der Waals surface area contributed by atoms with Crippen LogP contribution in [0.4, 0.5) is 0 Å². The largest absolute Gasteiger partial charge is 0.477 e. The molecule has 0 bridgehead atoms. The van der Waals surface area contributed by atoms with Gasteiger partial charge in [0.15, 0.2) is 0 Å². The first-order valence-electron chi connectivity index (χ1n) is 6.11. The van der Waals surface area contributed by atoms with Gasteiger partial charge in [-0.25, -0.2) is 9.78 Å². The highest BCUT2D eigenvalue weighted by Crippen LogP contribution is 2.39. The van der Waals surface area contributed by atoms with E-state index in [4.69, 9.17) is 11.5 Å². The van der Waals surface area contributed by atoms with Crippen molar-refractivity contribution in [1.82, 2.24) is 15.3 Å². The average molecular weight is 261 g/mol. The molecule has 0 atom stereocenters. The van der Waals surface area contributed by atoms with Gasteiger partial charge < -0.3 is 15.4 Å². The fourth-order valence-corrected chi connectivity index (χ4v) is 2.14. The Kier molecular flexibility index (Phi) is 3.56. The quantitative estimate of drug-likeness (QED) is 0.689. The number of imidazole rings is 1. The first-order chi connectivity index (χ1) is 9.07. The van der Waals surface area contributed by atoms with Crippen LogP contribution in [0.2, 0.25) is 0 Å². The van der Waals surface area contributed by atoms with Crippen molar-refractivity contribution in [3.05, 3.63) is 17.7 Å². The molecule has 1 aliphatic rings. The molecule has 1 fully saturated rings. The Bertz CT molecular complexity index is 538. The third kappa shape index (κ3) is 2.60. The molecule has 0 unspecified atom stereocenters. The summed E-state index contributed by atoms with van der Waals surface area (Å²) in [5, 5.41) is 11.8. The zero-order valence-corrected chi connectivity index (χ0v) is 10.4. The van der Waals surface area contributed by atoms with Gasteiger partial charge in [-0.15, -0.1) is 12.3 Å². The number of nitrogens with one attached hydrogen (secondary N) is 2. The van der Waals surface area contributed by atoms with E-state index in [0.717, 1.165) is 19.3 Å². The first-order valence-corrected chi connectivity index (χ1v) is 6.11. The van der Waals surface area contributed by atoms with Crippen molar-refractivity contribution in [2.24, 2.45) is 0 Å². The molecule has 1 amide bonds. The van der Waals surface area contributed by atoms with Crippen LogP contribution in [0.15, 0.2) is 6.20 Å². The van der Waals surface area contributed by atoms with Crippen molar-refractivity contribution < 1.29 is 14.7 Å². The zero-order chi connectivity index (χ0) is 13.9. The molecule has 1 aromatic rings. The fraction of sp³-hybridized carbons (Fsp3) is 0.462. The predicted octanol–water partition coefficient (Wildman–Crippen LogP) is 1.02. The second-order valence-electron chi connectivity index (χ2n) is 4.64. The van der Waals surface area contributed by atoms with Crippen molar-refractivity contribution in [3.8, 4) is 12.3 Å². The van der Waals surface area contributed by atoms with Crippen molar-refractivity contribution in [3.63, 3.8) is 0 Å². The van der Waals surface area contributed by atoms with Crippen LogP contribution < -0.4 is 5.32 Å². The summed E-state index contributed by atoms with van der Waals surface area (Å²) in [4.78, 5) is 29.4. The number of aromatic amines is 1. The van der Waals surface area contributed by atoms with Crippen molar-refractivity contribution >= 4 is 11.9 Å². The Morgan fingerprint density at radius 3 is 2.79 bits per heavy atom. The Morgan fingerprint density at radius 2 is 2.32 bits per heavy atom. The van der Waals surface area contributed by atoms with Gasteiger partial charge in [-0.2, -0.15) is 0 Å². The molecule has 0 aliphatic heterocycles. The van der Waals surface area contributed by atoms with Gasteiger partial charge in [-0.1, -0.05) is 0 Å². The molecule has 1 aromatic heterocycles. The number of aromatic carboxylic acids is 1.